The van der Waals surface area contributed by atoms with Crippen molar-refractivity contribution in [2.45, 2.75) is 6.54 Å². The Morgan fingerprint density at radius 1 is 1.17 bits per heavy atom. The van der Waals surface area contributed by atoms with Crippen molar-refractivity contribution in [3.8, 4) is 22.9 Å². The molecule has 0 spiro atoms. The van der Waals surface area contributed by atoms with Crippen molar-refractivity contribution >= 4 is 17.5 Å². The van der Waals surface area contributed by atoms with Crippen LogP contribution < -0.4 is 5.32 Å². The summed E-state index contributed by atoms with van der Waals surface area (Å²) >= 11 is 5.95. The van der Waals surface area contributed by atoms with Gasteiger partial charge in [-0.25, -0.2) is 9.49 Å². The van der Waals surface area contributed by atoms with Crippen LogP contribution in [-0.4, -0.2) is 25.4 Å². The third kappa shape index (κ3) is 3.35. The van der Waals surface area contributed by atoms with E-state index in [0.717, 1.165) is 0 Å². The number of phenols is 2. The van der Waals surface area contributed by atoms with E-state index in [1.807, 2.05) is 0 Å². The fourth-order valence-electron chi connectivity index (χ4n) is 2.07. The van der Waals surface area contributed by atoms with Crippen LogP contribution in [0.3, 0.4) is 0 Å². The van der Waals surface area contributed by atoms with E-state index in [-0.39, 0.29) is 23.9 Å². The lowest BCUT2D eigenvalue weighted by molar-refractivity contribution is 0.451. The molecule has 0 aliphatic heterocycles. The highest BCUT2D eigenvalue weighted by atomic mass is 35.5. The minimum absolute atomic E-state index is 0.0996. The van der Waals surface area contributed by atoms with Gasteiger partial charge in [-0.2, -0.15) is 10.1 Å². The molecule has 8 heteroatoms. The second-order valence-electron chi connectivity index (χ2n) is 4.80. The minimum Gasteiger partial charge on any atom is -0.508 e. The SMILES string of the molecule is Oc1cc(O)cc(-c2n[nH]c(NCc3c(F)cccc3Cl)n2)c1. The molecule has 1 aromatic heterocycles. The molecule has 0 bridgehead atoms. The van der Waals surface area contributed by atoms with Crippen LogP contribution in [0.2, 0.25) is 5.02 Å². The summed E-state index contributed by atoms with van der Waals surface area (Å²) < 4.78 is 13.7. The van der Waals surface area contributed by atoms with Crippen molar-refractivity contribution in [3.05, 3.63) is 52.8 Å². The predicted molar refractivity (Wildman–Crippen MR) is 83.9 cm³/mol. The van der Waals surface area contributed by atoms with Gasteiger partial charge in [0.25, 0.3) is 0 Å². The molecule has 0 saturated carbocycles. The number of aromatic nitrogens is 3. The van der Waals surface area contributed by atoms with Crippen LogP contribution in [0.25, 0.3) is 11.4 Å². The third-order valence-electron chi connectivity index (χ3n) is 3.14. The lowest BCUT2D eigenvalue weighted by atomic mass is 10.2. The number of H-pyrrole nitrogens is 1. The highest BCUT2D eigenvalue weighted by Crippen LogP contribution is 2.27. The van der Waals surface area contributed by atoms with Gasteiger partial charge in [-0.15, -0.1) is 0 Å². The number of hydrogen-bond donors (Lipinski definition) is 4. The molecule has 3 rings (SSSR count). The summed E-state index contributed by atoms with van der Waals surface area (Å²) in [6, 6.07) is 8.49. The first kappa shape index (κ1) is 15.1. The first-order valence-corrected chi connectivity index (χ1v) is 7.03. The first-order valence-electron chi connectivity index (χ1n) is 6.65. The monoisotopic (exact) mass is 334 g/mol. The van der Waals surface area contributed by atoms with E-state index in [1.54, 1.807) is 6.07 Å². The maximum Gasteiger partial charge on any atom is 0.219 e. The van der Waals surface area contributed by atoms with Crippen molar-refractivity contribution in [2.24, 2.45) is 0 Å². The fraction of sp³-hybridized carbons (Fsp3) is 0.0667. The zero-order valence-electron chi connectivity index (χ0n) is 11.7. The molecule has 0 amide bonds. The van der Waals surface area contributed by atoms with Crippen LogP contribution >= 0.6 is 11.6 Å². The summed E-state index contributed by atoms with van der Waals surface area (Å²) in [5.74, 6) is -0.0296. The molecule has 0 atom stereocenters. The summed E-state index contributed by atoms with van der Waals surface area (Å²) in [6.07, 6.45) is 0. The van der Waals surface area contributed by atoms with E-state index in [9.17, 15) is 14.6 Å². The van der Waals surface area contributed by atoms with Gasteiger partial charge in [-0.1, -0.05) is 17.7 Å². The van der Waals surface area contributed by atoms with E-state index < -0.39 is 5.82 Å². The van der Waals surface area contributed by atoms with Crippen molar-refractivity contribution in [3.63, 3.8) is 0 Å². The van der Waals surface area contributed by atoms with Crippen LogP contribution in [0.5, 0.6) is 11.5 Å². The summed E-state index contributed by atoms with van der Waals surface area (Å²) in [4.78, 5) is 4.17. The molecule has 4 N–H and O–H groups in total. The Hall–Kier alpha value is -2.80. The van der Waals surface area contributed by atoms with Gasteiger partial charge in [0.2, 0.25) is 5.95 Å². The van der Waals surface area contributed by atoms with Crippen molar-refractivity contribution in [1.29, 1.82) is 0 Å². The van der Waals surface area contributed by atoms with E-state index in [4.69, 9.17) is 11.6 Å². The summed E-state index contributed by atoms with van der Waals surface area (Å²) in [5, 5.41) is 28.8. The lowest BCUT2D eigenvalue weighted by Crippen LogP contribution is -2.03. The zero-order valence-corrected chi connectivity index (χ0v) is 12.5. The number of aromatic hydroxyl groups is 2. The molecular formula is C15H12ClFN4O2. The maximum atomic E-state index is 13.7. The average Bonchev–Trinajstić information content (AvgIpc) is 2.95. The number of benzene rings is 2. The van der Waals surface area contributed by atoms with Gasteiger partial charge in [0, 0.05) is 28.8 Å². The Bertz CT molecular complexity index is 813. The second kappa shape index (κ2) is 6.13. The van der Waals surface area contributed by atoms with Crippen LogP contribution in [-0.2, 0) is 6.54 Å². The summed E-state index contributed by atoms with van der Waals surface area (Å²) in [7, 11) is 0. The van der Waals surface area contributed by atoms with Gasteiger partial charge in [0.15, 0.2) is 5.82 Å². The maximum absolute atomic E-state index is 13.7. The number of aromatic amines is 1. The molecule has 0 radical (unpaired) electrons. The molecule has 0 saturated heterocycles. The van der Waals surface area contributed by atoms with Gasteiger partial charge in [-0.3, -0.25) is 0 Å². The second-order valence-corrected chi connectivity index (χ2v) is 5.21. The number of hydrogen-bond acceptors (Lipinski definition) is 5. The van der Waals surface area contributed by atoms with Gasteiger partial charge in [-0.05, 0) is 24.3 Å². The van der Waals surface area contributed by atoms with E-state index in [1.165, 1.54) is 30.3 Å². The van der Waals surface area contributed by atoms with E-state index in [0.29, 0.717) is 22.1 Å². The number of halogens is 2. The number of nitrogens with zero attached hydrogens (tertiary/aromatic N) is 2. The third-order valence-corrected chi connectivity index (χ3v) is 3.49. The Labute approximate surface area is 135 Å². The van der Waals surface area contributed by atoms with Crippen molar-refractivity contribution in [2.75, 3.05) is 5.32 Å². The van der Waals surface area contributed by atoms with Crippen LogP contribution in [0.1, 0.15) is 5.56 Å². The summed E-state index contributed by atoms with van der Waals surface area (Å²) in [6.45, 7) is 0.130. The molecule has 118 valence electrons. The van der Waals surface area contributed by atoms with Crippen LogP contribution in [0.4, 0.5) is 10.3 Å². The van der Waals surface area contributed by atoms with Crippen molar-refractivity contribution in [1.82, 2.24) is 15.2 Å². The molecule has 0 aliphatic carbocycles. The number of rotatable bonds is 4. The standard InChI is InChI=1S/C15H12ClFN4O2/c16-12-2-1-3-13(17)11(12)7-18-15-19-14(20-21-15)8-4-9(22)6-10(23)5-8/h1-6,22-23H,7H2,(H2,18,19,20,21). The Kier molecular flexibility index (Phi) is 4.03. The van der Waals surface area contributed by atoms with E-state index >= 15 is 0 Å². The number of anilines is 1. The zero-order chi connectivity index (χ0) is 16.4. The molecule has 0 unspecified atom stereocenters. The molecule has 0 aliphatic rings. The average molecular weight is 335 g/mol. The molecule has 2 aromatic carbocycles. The van der Waals surface area contributed by atoms with Gasteiger partial charge >= 0.3 is 0 Å². The lowest BCUT2D eigenvalue weighted by Gasteiger charge is -2.06. The first-order chi connectivity index (χ1) is 11.0. The molecule has 23 heavy (non-hydrogen) atoms. The van der Waals surface area contributed by atoms with Crippen LogP contribution in [0, 0.1) is 5.82 Å². The van der Waals surface area contributed by atoms with E-state index in [2.05, 4.69) is 20.5 Å². The Morgan fingerprint density at radius 3 is 2.61 bits per heavy atom. The highest BCUT2D eigenvalue weighted by molar-refractivity contribution is 6.31. The molecule has 1 heterocycles. The van der Waals surface area contributed by atoms with Gasteiger partial charge in [0.05, 0.1) is 0 Å². The van der Waals surface area contributed by atoms with Gasteiger partial charge in [0.1, 0.15) is 17.3 Å². The quantitative estimate of drug-likeness (QED) is 0.587. The largest absolute Gasteiger partial charge is 0.508 e. The Morgan fingerprint density at radius 2 is 1.91 bits per heavy atom. The predicted octanol–water partition coefficient (Wildman–Crippen LogP) is 3.29. The van der Waals surface area contributed by atoms with Crippen molar-refractivity contribution < 1.29 is 14.6 Å². The fourth-order valence-corrected chi connectivity index (χ4v) is 2.30. The molecular weight excluding hydrogens is 323 g/mol. The molecule has 3 aromatic rings. The highest BCUT2D eigenvalue weighted by Gasteiger charge is 2.10. The molecule has 6 nitrogen and oxygen atoms in total. The minimum atomic E-state index is -0.414. The van der Waals surface area contributed by atoms with Gasteiger partial charge < -0.3 is 15.5 Å². The smallest absolute Gasteiger partial charge is 0.219 e. The Balaban J connectivity index is 1.77. The number of nitrogens with one attached hydrogen (secondary N) is 2. The topological polar surface area (TPSA) is 94.1 Å². The number of phenolic OH excluding ortho intramolecular Hbond substituents is 2. The summed E-state index contributed by atoms with van der Waals surface area (Å²) in [5.41, 5.74) is 0.762. The molecule has 0 fully saturated rings. The normalized spacial score (nSPS) is 10.7. The van der Waals surface area contributed by atoms with Crippen LogP contribution in [0.15, 0.2) is 36.4 Å².